The third-order valence-electron chi connectivity index (χ3n) is 6.99. The number of aromatic nitrogens is 2. The highest BCUT2D eigenvalue weighted by Gasteiger charge is 2.36. The lowest BCUT2D eigenvalue weighted by atomic mass is 9.98. The van der Waals surface area contributed by atoms with Gasteiger partial charge in [0.05, 0.1) is 23.1 Å². The first kappa shape index (κ1) is 20.7. The number of hydrogen-bond acceptors (Lipinski definition) is 4. The lowest BCUT2D eigenvalue weighted by Gasteiger charge is -2.29. The summed E-state index contributed by atoms with van der Waals surface area (Å²) in [5, 5.41) is 4.14. The van der Waals surface area contributed by atoms with E-state index in [1.807, 2.05) is 37.3 Å². The number of aryl methyl sites for hydroxylation is 1. The topological polar surface area (TPSA) is 50.2 Å². The van der Waals surface area contributed by atoms with Gasteiger partial charge in [0.15, 0.2) is 5.78 Å². The number of ketones is 1. The Balaban J connectivity index is 1.38. The van der Waals surface area contributed by atoms with Gasteiger partial charge in [-0.05, 0) is 70.0 Å². The molecule has 2 fully saturated rings. The van der Waals surface area contributed by atoms with E-state index in [4.69, 9.17) is 11.6 Å². The van der Waals surface area contributed by atoms with Crippen LogP contribution in [0.25, 0.3) is 11.0 Å². The van der Waals surface area contributed by atoms with E-state index in [-0.39, 0.29) is 17.9 Å². The maximum absolute atomic E-state index is 13.3. The molecular formula is C25H29ClN4O. The monoisotopic (exact) mass is 436 g/mol. The minimum Gasteiger partial charge on any atom is -0.321 e. The lowest BCUT2D eigenvalue weighted by molar-refractivity contribution is 0.0826. The van der Waals surface area contributed by atoms with Crippen molar-refractivity contribution in [3.63, 3.8) is 0 Å². The van der Waals surface area contributed by atoms with Gasteiger partial charge >= 0.3 is 0 Å². The predicted octanol–water partition coefficient (Wildman–Crippen LogP) is 4.62. The average Bonchev–Trinajstić information content (AvgIpc) is 3.52. The molecule has 3 atom stereocenters. The Kier molecular flexibility index (Phi) is 5.59. The first-order chi connectivity index (χ1) is 15.0. The summed E-state index contributed by atoms with van der Waals surface area (Å²) in [5.74, 6) is 1.22. The zero-order valence-corrected chi connectivity index (χ0v) is 18.9. The highest BCUT2D eigenvalue weighted by molar-refractivity contribution is 6.31. The maximum Gasteiger partial charge on any atom is 0.179 e. The number of benzene rings is 2. The van der Waals surface area contributed by atoms with E-state index in [1.54, 1.807) is 0 Å². The molecular weight excluding hydrogens is 408 g/mol. The van der Waals surface area contributed by atoms with E-state index in [0.717, 1.165) is 66.9 Å². The molecule has 6 heteroatoms. The van der Waals surface area contributed by atoms with Crippen molar-refractivity contribution < 1.29 is 4.79 Å². The van der Waals surface area contributed by atoms with Crippen LogP contribution in [0.2, 0.25) is 5.02 Å². The van der Waals surface area contributed by atoms with Crippen LogP contribution in [0.3, 0.4) is 0 Å². The predicted molar refractivity (Wildman–Crippen MR) is 125 cm³/mol. The Morgan fingerprint density at radius 2 is 2.00 bits per heavy atom. The normalized spacial score (nSPS) is 22.9. The van der Waals surface area contributed by atoms with Crippen LogP contribution in [0.5, 0.6) is 0 Å². The summed E-state index contributed by atoms with van der Waals surface area (Å²) in [4.78, 5) is 20.4. The summed E-state index contributed by atoms with van der Waals surface area (Å²) in [5.41, 5.74) is 3.95. The molecule has 0 amide bonds. The van der Waals surface area contributed by atoms with Gasteiger partial charge in [-0.2, -0.15) is 0 Å². The molecule has 0 radical (unpaired) electrons. The number of halogens is 1. The summed E-state index contributed by atoms with van der Waals surface area (Å²) >= 11 is 6.24. The number of fused-ring (bicyclic) bond motifs is 1. The second kappa shape index (κ2) is 8.38. The molecule has 2 aliphatic heterocycles. The summed E-state index contributed by atoms with van der Waals surface area (Å²) in [6.07, 6.45) is 3.22. The van der Waals surface area contributed by atoms with Gasteiger partial charge in [-0.3, -0.25) is 9.69 Å². The number of rotatable bonds is 5. The number of likely N-dealkylation sites (tertiary alicyclic amines) is 1. The molecule has 31 heavy (non-hydrogen) atoms. The Hall–Kier alpha value is -2.21. The summed E-state index contributed by atoms with van der Waals surface area (Å²) in [7, 11) is 0. The van der Waals surface area contributed by atoms with Gasteiger partial charge in [0.1, 0.15) is 5.82 Å². The molecule has 0 aliphatic carbocycles. The van der Waals surface area contributed by atoms with Crippen molar-refractivity contribution in [1.82, 2.24) is 19.8 Å². The lowest BCUT2D eigenvalue weighted by Crippen LogP contribution is -2.44. The van der Waals surface area contributed by atoms with Crippen LogP contribution in [0.15, 0.2) is 42.5 Å². The number of nitrogens with zero attached hydrogens (tertiary/aromatic N) is 3. The number of carbonyl (C=O) groups excluding carboxylic acids is 1. The van der Waals surface area contributed by atoms with E-state index in [9.17, 15) is 4.79 Å². The molecule has 3 aromatic rings. The fraction of sp³-hybridized carbons (Fsp3) is 0.440. The fourth-order valence-electron chi connectivity index (χ4n) is 5.37. The first-order valence-corrected chi connectivity index (χ1v) is 11.7. The van der Waals surface area contributed by atoms with Crippen LogP contribution in [-0.4, -0.2) is 52.0 Å². The molecule has 1 aromatic heterocycles. The highest BCUT2D eigenvalue weighted by Crippen LogP contribution is 2.29. The van der Waals surface area contributed by atoms with Crippen LogP contribution >= 0.6 is 11.6 Å². The zero-order chi connectivity index (χ0) is 21.5. The molecule has 5 rings (SSSR count). The van der Waals surface area contributed by atoms with Crippen LogP contribution in [0.1, 0.15) is 54.0 Å². The number of nitrogens with one attached hydrogen (secondary N) is 1. The van der Waals surface area contributed by atoms with E-state index >= 15 is 0 Å². The molecule has 1 N–H and O–H groups in total. The van der Waals surface area contributed by atoms with Crippen molar-refractivity contribution in [3.8, 4) is 0 Å². The molecule has 162 valence electrons. The molecule has 2 saturated heterocycles. The van der Waals surface area contributed by atoms with Gasteiger partial charge in [-0.1, -0.05) is 35.9 Å². The summed E-state index contributed by atoms with van der Waals surface area (Å²) in [6.45, 7) is 7.28. The van der Waals surface area contributed by atoms with Gasteiger partial charge < -0.3 is 9.88 Å². The first-order valence-electron chi connectivity index (χ1n) is 11.3. The van der Waals surface area contributed by atoms with Gasteiger partial charge in [-0.15, -0.1) is 0 Å². The maximum atomic E-state index is 13.3. The van der Waals surface area contributed by atoms with E-state index < -0.39 is 0 Å². The molecule has 5 nitrogen and oxygen atoms in total. The quantitative estimate of drug-likeness (QED) is 0.593. The molecule has 0 saturated carbocycles. The minimum atomic E-state index is 0.0233. The van der Waals surface area contributed by atoms with Gasteiger partial charge in [0, 0.05) is 23.2 Å². The molecule has 2 aromatic carbocycles. The van der Waals surface area contributed by atoms with Crippen LogP contribution < -0.4 is 5.32 Å². The zero-order valence-electron chi connectivity index (χ0n) is 18.1. The smallest absolute Gasteiger partial charge is 0.179 e. The van der Waals surface area contributed by atoms with Crippen molar-refractivity contribution in [2.24, 2.45) is 0 Å². The second-order valence-corrected chi connectivity index (χ2v) is 9.30. The summed E-state index contributed by atoms with van der Waals surface area (Å²) in [6, 6.07) is 14.6. The Morgan fingerprint density at radius 1 is 1.19 bits per heavy atom. The molecule has 2 unspecified atom stereocenters. The van der Waals surface area contributed by atoms with Crippen molar-refractivity contribution in [2.75, 3.05) is 19.6 Å². The van der Waals surface area contributed by atoms with Gasteiger partial charge in [0.2, 0.25) is 0 Å². The van der Waals surface area contributed by atoms with Crippen molar-refractivity contribution in [3.05, 3.63) is 64.4 Å². The third kappa shape index (κ3) is 3.79. The average molecular weight is 437 g/mol. The Morgan fingerprint density at radius 3 is 2.74 bits per heavy atom. The van der Waals surface area contributed by atoms with Crippen LogP contribution in [-0.2, 0) is 0 Å². The minimum absolute atomic E-state index is 0.0233. The Labute approximate surface area is 188 Å². The van der Waals surface area contributed by atoms with E-state index in [2.05, 4.69) is 38.8 Å². The highest BCUT2D eigenvalue weighted by atomic mass is 35.5. The fourth-order valence-corrected chi connectivity index (χ4v) is 5.54. The number of carbonyl (C=O) groups is 1. The molecule has 3 heterocycles. The standard InChI is InChI=1S/C25H29ClN4O/c1-16(30-17(2)28-22-10-9-20(26)14-24(22)30)18-5-7-19(8-6-18)25(31)23-4-3-13-29(23)21-11-12-27-15-21/h5-10,14,16,21,23,27H,3-4,11-13,15H2,1-2H3/t16-,21?,23?/m1/s1. The van der Waals surface area contributed by atoms with Gasteiger partial charge in [-0.25, -0.2) is 4.98 Å². The van der Waals surface area contributed by atoms with Gasteiger partial charge in [0.25, 0.3) is 0 Å². The third-order valence-corrected chi connectivity index (χ3v) is 7.23. The van der Waals surface area contributed by atoms with Crippen molar-refractivity contribution in [2.45, 2.75) is 51.2 Å². The second-order valence-electron chi connectivity index (χ2n) is 8.87. The van der Waals surface area contributed by atoms with Crippen LogP contribution in [0.4, 0.5) is 0 Å². The van der Waals surface area contributed by atoms with Crippen molar-refractivity contribution in [1.29, 1.82) is 0 Å². The Bertz CT molecular complexity index is 1100. The molecule has 0 bridgehead atoms. The SMILES string of the molecule is Cc1nc2ccc(Cl)cc2n1[C@H](C)c1ccc(C(=O)C2CCCN2C2CCNC2)cc1. The number of hydrogen-bond donors (Lipinski definition) is 1. The summed E-state index contributed by atoms with van der Waals surface area (Å²) < 4.78 is 2.21. The van der Waals surface area contributed by atoms with Crippen molar-refractivity contribution >= 4 is 28.4 Å². The number of Topliss-reactive ketones (excluding diaryl/α,β-unsaturated/α-hetero) is 1. The molecule has 0 spiro atoms. The molecule has 2 aliphatic rings. The number of imidazole rings is 1. The van der Waals surface area contributed by atoms with E-state index in [0.29, 0.717) is 11.1 Å². The van der Waals surface area contributed by atoms with E-state index in [1.165, 1.54) is 0 Å². The largest absolute Gasteiger partial charge is 0.321 e. The van der Waals surface area contributed by atoms with Crippen LogP contribution in [0, 0.1) is 6.92 Å².